The van der Waals surface area contributed by atoms with Gasteiger partial charge in [-0.3, -0.25) is 14.4 Å². The molecule has 0 aromatic heterocycles. The van der Waals surface area contributed by atoms with E-state index < -0.39 is 23.6 Å². The zero-order chi connectivity index (χ0) is 26.5. The molecule has 8 nitrogen and oxygen atoms in total. The van der Waals surface area contributed by atoms with Crippen molar-refractivity contribution >= 4 is 46.5 Å². The Morgan fingerprint density at radius 1 is 1.08 bits per heavy atom. The Hall–Kier alpha value is -2.04. The van der Waals surface area contributed by atoms with E-state index in [0.29, 0.717) is 17.7 Å². The standard InChI is InChI=1S/C27H36N2O6S2/c1-29(2)14-12-21(16-29)34-26(33)27(20-10-6-7-11-20,19-8-4-3-5-9-19)35-24(31)18-36-17-23(30)28-22-13-15-37-25(22)32/h3-5,8-9,20-22H,6-7,10-18H2,1-2H3/p+1. The van der Waals surface area contributed by atoms with Gasteiger partial charge in [0.25, 0.3) is 0 Å². The zero-order valence-corrected chi connectivity index (χ0v) is 23.2. The molecule has 1 aromatic carbocycles. The van der Waals surface area contributed by atoms with Crippen molar-refractivity contribution in [3.63, 3.8) is 0 Å². The van der Waals surface area contributed by atoms with Crippen molar-refractivity contribution in [2.24, 2.45) is 5.92 Å². The monoisotopic (exact) mass is 549 g/mol. The second kappa shape index (κ2) is 12.2. The van der Waals surface area contributed by atoms with Crippen LogP contribution in [0.25, 0.3) is 0 Å². The summed E-state index contributed by atoms with van der Waals surface area (Å²) in [6.45, 7) is 1.64. The van der Waals surface area contributed by atoms with Crippen LogP contribution in [0.4, 0.5) is 0 Å². The first kappa shape index (κ1) is 28.0. The smallest absolute Gasteiger partial charge is 0.356 e. The molecule has 202 valence electrons. The fourth-order valence-corrected chi connectivity index (χ4v) is 7.11. The van der Waals surface area contributed by atoms with Gasteiger partial charge in [-0.25, -0.2) is 4.79 Å². The van der Waals surface area contributed by atoms with E-state index in [1.54, 1.807) is 0 Å². The summed E-state index contributed by atoms with van der Waals surface area (Å²) < 4.78 is 13.0. The number of thioether (sulfide) groups is 2. The van der Waals surface area contributed by atoms with Gasteiger partial charge in [-0.1, -0.05) is 54.9 Å². The molecule has 3 atom stereocenters. The van der Waals surface area contributed by atoms with Gasteiger partial charge >= 0.3 is 11.9 Å². The summed E-state index contributed by atoms with van der Waals surface area (Å²) in [5.74, 6) is -0.849. The number of benzene rings is 1. The molecule has 1 saturated carbocycles. The lowest BCUT2D eigenvalue weighted by atomic mass is 9.79. The predicted molar refractivity (Wildman–Crippen MR) is 144 cm³/mol. The molecule has 2 aliphatic heterocycles. The Bertz CT molecular complexity index is 998. The molecule has 3 aliphatic rings. The third-order valence-corrected chi connectivity index (χ3v) is 9.38. The van der Waals surface area contributed by atoms with Gasteiger partial charge in [-0.2, -0.15) is 0 Å². The van der Waals surface area contributed by atoms with Crippen molar-refractivity contribution < 1.29 is 33.1 Å². The van der Waals surface area contributed by atoms with Gasteiger partial charge in [0.05, 0.1) is 38.2 Å². The van der Waals surface area contributed by atoms with Crippen LogP contribution >= 0.6 is 23.5 Å². The number of esters is 2. The van der Waals surface area contributed by atoms with Crippen LogP contribution < -0.4 is 5.32 Å². The number of carbonyl (C=O) groups is 4. The minimum Gasteiger partial charge on any atom is -0.453 e. The van der Waals surface area contributed by atoms with Gasteiger partial charge in [0.15, 0.2) is 6.10 Å². The molecule has 0 radical (unpaired) electrons. The summed E-state index contributed by atoms with van der Waals surface area (Å²) in [5, 5.41) is 2.71. The number of amides is 1. The van der Waals surface area contributed by atoms with Gasteiger partial charge in [-0.15, -0.1) is 11.8 Å². The lowest BCUT2D eigenvalue weighted by molar-refractivity contribution is -0.879. The summed E-state index contributed by atoms with van der Waals surface area (Å²) in [6.07, 6.45) is 4.64. The van der Waals surface area contributed by atoms with E-state index >= 15 is 0 Å². The summed E-state index contributed by atoms with van der Waals surface area (Å²) in [7, 11) is 4.23. The van der Waals surface area contributed by atoms with Crippen molar-refractivity contribution in [1.29, 1.82) is 0 Å². The van der Waals surface area contributed by atoms with Crippen LogP contribution in [0, 0.1) is 5.92 Å². The normalized spacial score (nSPS) is 25.0. The van der Waals surface area contributed by atoms with Crippen molar-refractivity contribution in [2.45, 2.75) is 56.3 Å². The van der Waals surface area contributed by atoms with E-state index in [0.717, 1.165) is 61.4 Å². The minimum atomic E-state index is -1.51. The molecule has 2 saturated heterocycles. The first-order valence-electron chi connectivity index (χ1n) is 13.0. The molecule has 2 heterocycles. The maximum atomic E-state index is 14.0. The fourth-order valence-electron chi connectivity index (χ4n) is 5.58. The molecule has 0 spiro atoms. The number of likely N-dealkylation sites (N-methyl/N-ethyl adjacent to an activating group) is 1. The lowest BCUT2D eigenvalue weighted by Crippen LogP contribution is -2.49. The summed E-state index contributed by atoms with van der Waals surface area (Å²) in [5.41, 5.74) is -0.878. The van der Waals surface area contributed by atoms with Crippen LogP contribution in [-0.2, 0) is 34.3 Å². The highest BCUT2D eigenvalue weighted by molar-refractivity contribution is 8.14. The van der Waals surface area contributed by atoms with Crippen molar-refractivity contribution in [1.82, 2.24) is 5.32 Å². The van der Waals surface area contributed by atoms with Crippen LogP contribution in [-0.4, -0.2) is 84.0 Å². The quantitative estimate of drug-likeness (QED) is 0.352. The first-order chi connectivity index (χ1) is 17.7. The molecule has 3 unspecified atom stereocenters. The average molecular weight is 550 g/mol. The summed E-state index contributed by atoms with van der Waals surface area (Å²) in [6, 6.07) is 8.77. The van der Waals surface area contributed by atoms with E-state index in [-0.39, 0.29) is 34.6 Å². The number of ether oxygens (including phenoxy) is 2. The van der Waals surface area contributed by atoms with Gasteiger partial charge < -0.3 is 19.3 Å². The third kappa shape index (κ3) is 6.89. The maximum Gasteiger partial charge on any atom is 0.356 e. The molecular formula is C27H37N2O6S2+. The molecular weight excluding hydrogens is 512 g/mol. The minimum absolute atomic E-state index is 0.0232. The first-order valence-corrected chi connectivity index (χ1v) is 15.2. The third-order valence-electron chi connectivity index (χ3n) is 7.46. The highest BCUT2D eigenvalue weighted by Gasteiger charge is 2.54. The molecule has 1 aliphatic carbocycles. The number of rotatable bonds is 10. The molecule has 3 fully saturated rings. The van der Waals surface area contributed by atoms with Gasteiger partial charge in [0.2, 0.25) is 16.6 Å². The predicted octanol–water partition coefficient (Wildman–Crippen LogP) is 2.89. The Morgan fingerprint density at radius 2 is 1.81 bits per heavy atom. The van der Waals surface area contributed by atoms with Gasteiger partial charge in [0.1, 0.15) is 6.54 Å². The van der Waals surface area contributed by atoms with Crippen molar-refractivity contribution in [2.75, 3.05) is 44.4 Å². The van der Waals surface area contributed by atoms with E-state index in [1.165, 1.54) is 11.8 Å². The molecule has 1 N–H and O–H groups in total. The van der Waals surface area contributed by atoms with Crippen LogP contribution in [0.2, 0.25) is 0 Å². The van der Waals surface area contributed by atoms with Crippen LogP contribution in [0.15, 0.2) is 30.3 Å². The zero-order valence-electron chi connectivity index (χ0n) is 21.6. The Balaban J connectivity index is 1.46. The topological polar surface area (TPSA) is 98.8 Å². The number of nitrogens with one attached hydrogen (secondary N) is 1. The molecule has 10 heteroatoms. The highest BCUT2D eigenvalue weighted by atomic mass is 32.2. The average Bonchev–Trinajstić information content (AvgIpc) is 3.61. The molecule has 4 rings (SSSR count). The van der Waals surface area contributed by atoms with E-state index in [2.05, 4.69) is 19.4 Å². The van der Waals surface area contributed by atoms with Crippen molar-refractivity contribution in [3.8, 4) is 0 Å². The van der Waals surface area contributed by atoms with E-state index in [1.807, 2.05) is 30.3 Å². The second-order valence-electron chi connectivity index (χ2n) is 10.8. The van der Waals surface area contributed by atoms with Crippen molar-refractivity contribution in [3.05, 3.63) is 35.9 Å². The summed E-state index contributed by atoms with van der Waals surface area (Å²) in [4.78, 5) is 51.1. The van der Waals surface area contributed by atoms with Crippen LogP contribution in [0.1, 0.15) is 44.1 Å². The number of hydrogen-bond donors (Lipinski definition) is 1. The maximum absolute atomic E-state index is 14.0. The fraction of sp³-hybridized carbons (Fsp3) is 0.630. The number of hydrogen-bond acceptors (Lipinski definition) is 8. The van der Waals surface area contributed by atoms with Crippen LogP contribution in [0.3, 0.4) is 0 Å². The van der Waals surface area contributed by atoms with E-state index in [4.69, 9.17) is 9.47 Å². The molecule has 37 heavy (non-hydrogen) atoms. The summed E-state index contributed by atoms with van der Waals surface area (Å²) >= 11 is 2.34. The largest absolute Gasteiger partial charge is 0.453 e. The van der Waals surface area contributed by atoms with E-state index in [9.17, 15) is 19.2 Å². The number of nitrogens with zero attached hydrogens (tertiary/aromatic N) is 1. The molecule has 1 amide bonds. The van der Waals surface area contributed by atoms with Crippen LogP contribution in [0.5, 0.6) is 0 Å². The van der Waals surface area contributed by atoms with Gasteiger partial charge in [-0.05, 0) is 19.3 Å². The number of carbonyl (C=O) groups excluding carboxylic acids is 4. The second-order valence-corrected chi connectivity index (χ2v) is 12.9. The number of likely N-dealkylation sites (tertiary alicyclic amines) is 1. The Kier molecular flexibility index (Phi) is 9.24. The number of quaternary nitrogens is 1. The lowest BCUT2D eigenvalue weighted by Gasteiger charge is -2.37. The molecule has 1 aromatic rings. The molecule has 0 bridgehead atoms. The highest BCUT2D eigenvalue weighted by Crippen LogP contribution is 2.45. The Morgan fingerprint density at radius 3 is 2.43 bits per heavy atom. The van der Waals surface area contributed by atoms with Gasteiger partial charge in [0, 0.05) is 23.7 Å². The SMILES string of the molecule is C[N+]1(C)CCC(OC(=O)C(OC(=O)CSCC(=O)NC2CCSC2=O)(c2ccccc2)C2CCCC2)C1. The Labute approximate surface area is 227 Å².